The molecule has 0 fully saturated rings. The number of H-pyrrole nitrogens is 1. The molecule has 100 valence electrons. The molecule has 0 saturated carbocycles. The molecule has 0 aliphatic heterocycles. The summed E-state index contributed by atoms with van der Waals surface area (Å²) in [6.07, 6.45) is 4.29. The van der Waals surface area contributed by atoms with Crippen LogP contribution in [0.15, 0.2) is 48.7 Å². The standard InChI is InChI=1S/C10H7.C8H12N.Ti/c1-8-6-9-4-2-3-5-10(9)7-8;1-8(2,3)7-4-5-9-6-7;/h2-6H,1H2;4-5,9H,1-3H3;. The Morgan fingerprint density at radius 2 is 1.85 bits per heavy atom. The van der Waals surface area contributed by atoms with E-state index in [0.717, 1.165) is 0 Å². The zero-order chi connectivity index (χ0) is 14.3. The van der Waals surface area contributed by atoms with Gasteiger partial charge in [-0.05, 0) is 0 Å². The maximum absolute atomic E-state index is 4.25. The van der Waals surface area contributed by atoms with E-state index in [2.05, 4.69) is 74.9 Å². The Morgan fingerprint density at radius 3 is 2.60 bits per heavy atom. The van der Waals surface area contributed by atoms with E-state index in [1.54, 1.807) is 0 Å². The summed E-state index contributed by atoms with van der Waals surface area (Å²) < 4.78 is 2.90. The molecule has 1 aliphatic rings. The van der Waals surface area contributed by atoms with Crippen molar-refractivity contribution >= 4 is 14.0 Å². The molecule has 0 unspecified atom stereocenters. The van der Waals surface area contributed by atoms with E-state index < -0.39 is 0 Å². The zero-order valence-corrected chi connectivity index (χ0v) is 13.8. The molecule has 0 radical (unpaired) electrons. The number of aromatic nitrogens is 1. The topological polar surface area (TPSA) is 15.8 Å². The monoisotopic (exact) mass is 297 g/mol. The Morgan fingerprint density at radius 1 is 1.10 bits per heavy atom. The van der Waals surface area contributed by atoms with Gasteiger partial charge < -0.3 is 0 Å². The van der Waals surface area contributed by atoms with Crippen LogP contribution in [0.3, 0.4) is 0 Å². The summed E-state index contributed by atoms with van der Waals surface area (Å²) >= 11 is -0.382. The van der Waals surface area contributed by atoms with Crippen LogP contribution in [-0.4, -0.2) is 4.98 Å². The summed E-state index contributed by atoms with van der Waals surface area (Å²) in [6, 6.07) is 10.9. The minimum absolute atomic E-state index is 0.197. The molecule has 3 rings (SSSR count). The van der Waals surface area contributed by atoms with Gasteiger partial charge in [0.2, 0.25) is 0 Å². The molecule has 2 heteroatoms. The molecule has 1 nitrogen and oxygen atoms in total. The van der Waals surface area contributed by atoms with Crippen LogP contribution in [-0.2, 0) is 24.6 Å². The van der Waals surface area contributed by atoms with Crippen LogP contribution in [0.25, 0.3) is 9.95 Å². The second-order valence-electron chi connectivity index (χ2n) is 6.27. The van der Waals surface area contributed by atoms with Gasteiger partial charge in [-0.25, -0.2) is 0 Å². The van der Waals surface area contributed by atoms with Crippen LogP contribution < -0.4 is 14.4 Å². The molecular weight excluding hydrogens is 278 g/mol. The molecular formula is C18H19NTi. The number of fused-ring (bicyclic) bond motifs is 1. The first-order valence-electron chi connectivity index (χ1n) is 6.92. The first kappa shape index (κ1) is 13.7. The fourth-order valence-electron chi connectivity index (χ4n) is 2.65. The Balaban J connectivity index is 2.09. The quantitative estimate of drug-likeness (QED) is 0.818. The van der Waals surface area contributed by atoms with E-state index in [9.17, 15) is 0 Å². The predicted molar refractivity (Wildman–Crippen MR) is 81.8 cm³/mol. The SMILES string of the molecule is C=C1C=c2ccccc2=[C]1[Ti][c]1[nH]ccc1C(C)(C)C. The Kier molecular flexibility index (Phi) is 3.35. The average Bonchev–Trinajstić information content (AvgIpc) is 2.95. The van der Waals surface area contributed by atoms with Crippen LogP contribution in [0.2, 0.25) is 0 Å². The molecule has 1 aromatic heterocycles. The normalized spacial score (nSPS) is 14.2. The number of hydrogen-bond acceptors (Lipinski definition) is 0. The molecule has 1 N–H and O–H groups in total. The molecule has 0 spiro atoms. The van der Waals surface area contributed by atoms with Gasteiger partial charge in [-0.1, -0.05) is 0 Å². The summed E-state index contributed by atoms with van der Waals surface area (Å²) in [6.45, 7) is 11.1. The van der Waals surface area contributed by atoms with Gasteiger partial charge in [0.1, 0.15) is 0 Å². The van der Waals surface area contributed by atoms with E-state index in [1.165, 1.54) is 29.5 Å². The fraction of sp³-hybridized carbons (Fsp3) is 0.222. The molecule has 0 saturated heterocycles. The van der Waals surface area contributed by atoms with E-state index in [-0.39, 0.29) is 24.6 Å². The molecule has 2 aromatic rings. The number of hydrogen-bond donors (Lipinski definition) is 1. The molecule has 20 heavy (non-hydrogen) atoms. The predicted octanol–water partition coefficient (Wildman–Crippen LogP) is 2.18. The molecule has 0 bridgehead atoms. The summed E-state index contributed by atoms with van der Waals surface area (Å²) in [5.74, 6) is 0. The van der Waals surface area contributed by atoms with Crippen molar-refractivity contribution in [3.8, 4) is 0 Å². The molecule has 0 amide bonds. The van der Waals surface area contributed by atoms with Gasteiger partial charge in [-0.3, -0.25) is 0 Å². The van der Waals surface area contributed by atoms with Crippen molar-refractivity contribution in [2.75, 3.05) is 0 Å². The van der Waals surface area contributed by atoms with Crippen LogP contribution in [0.4, 0.5) is 0 Å². The van der Waals surface area contributed by atoms with Gasteiger partial charge in [0, 0.05) is 0 Å². The van der Waals surface area contributed by atoms with Gasteiger partial charge in [-0.15, -0.1) is 0 Å². The van der Waals surface area contributed by atoms with Crippen molar-refractivity contribution in [3.63, 3.8) is 0 Å². The van der Waals surface area contributed by atoms with Crippen LogP contribution in [0.5, 0.6) is 0 Å². The third kappa shape index (κ3) is 2.37. The number of aromatic amines is 1. The average molecular weight is 297 g/mol. The zero-order valence-electron chi connectivity index (χ0n) is 12.2. The molecule has 1 heterocycles. The summed E-state index contributed by atoms with van der Waals surface area (Å²) in [5, 5.41) is 2.70. The third-order valence-corrected chi connectivity index (χ3v) is 6.03. The van der Waals surface area contributed by atoms with Crippen LogP contribution >= 0.6 is 0 Å². The first-order valence-corrected chi connectivity index (χ1v) is 8.48. The Bertz CT molecular complexity index is 787. The van der Waals surface area contributed by atoms with Gasteiger partial charge in [0.05, 0.1) is 0 Å². The van der Waals surface area contributed by atoms with E-state index in [1.807, 2.05) is 0 Å². The minimum atomic E-state index is -0.382. The summed E-state index contributed by atoms with van der Waals surface area (Å²) in [5.41, 5.74) is 2.84. The Labute approximate surface area is 129 Å². The van der Waals surface area contributed by atoms with Crippen molar-refractivity contribution in [1.29, 1.82) is 0 Å². The second kappa shape index (κ2) is 4.91. The van der Waals surface area contributed by atoms with Gasteiger partial charge in [0.15, 0.2) is 0 Å². The second-order valence-corrected chi connectivity index (χ2v) is 8.23. The molecule has 1 aliphatic carbocycles. The van der Waals surface area contributed by atoms with Crippen LogP contribution in [0.1, 0.15) is 26.3 Å². The van der Waals surface area contributed by atoms with Crippen molar-refractivity contribution in [3.05, 3.63) is 64.7 Å². The van der Waals surface area contributed by atoms with Gasteiger partial charge in [-0.2, -0.15) is 0 Å². The van der Waals surface area contributed by atoms with Gasteiger partial charge >= 0.3 is 129 Å². The molecule has 0 atom stereocenters. The maximum atomic E-state index is 4.25. The summed E-state index contributed by atoms with van der Waals surface area (Å²) in [7, 11) is 0. The van der Waals surface area contributed by atoms with E-state index >= 15 is 0 Å². The Hall–Kier alpha value is -1.31. The van der Waals surface area contributed by atoms with Crippen molar-refractivity contribution in [2.45, 2.75) is 26.2 Å². The molecule has 1 aromatic carbocycles. The van der Waals surface area contributed by atoms with Crippen molar-refractivity contribution in [1.82, 2.24) is 4.98 Å². The number of allylic oxidation sites excluding steroid dienone is 1. The van der Waals surface area contributed by atoms with Crippen LogP contribution in [0, 0.1) is 0 Å². The number of rotatable bonds is 2. The first-order chi connectivity index (χ1) is 9.47. The van der Waals surface area contributed by atoms with Crippen molar-refractivity contribution in [2.24, 2.45) is 0 Å². The number of nitrogens with one attached hydrogen (secondary N) is 1. The third-order valence-electron chi connectivity index (χ3n) is 3.69. The van der Waals surface area contributed by atoms with E-state index in [4.69, 9.17) is 0 Å². The van der Waals surface area contributed by atoms with Crippen molar-refractivity contribution < 1.29 is 19.2 Å². The summed E-state index contributed by atoms with van der Waals surface area (Å²) in [4.78, 5) is 3.47. The van der Waals surface area contributed by atoms with Gasteiger partial charge in [0.25, 0.3) is 0 Å². The van der Waals surface area contributed by atoms with E-state index in [0.29, 0.717) is 0 Å². The number of benzene rings is 1. The fourth-order valence-corrected chi connectivity index (χ4v) is 5.14.